The number of para-hydroxylation sites is 1. The normalized spacial score (nSPS) is 14.8. The molecule has 1 aliphatic rings. The third kappa shape index (κ3) is 4.37. The van der Waals surface area contributed by atoms with Crippen LogP contribution in [0, 0.1) is 5.82 Å². The number of halogens is 1. The molecule has 0 saturated carbocycles. The van der Waals surface area contributed by atoms with Crippen LogP contribution < -0.4 is 15.1 Å². The Morgan fingerprint density at radius 3 is 2.57 bits per heavy atom. The zero-order valence-electron chi connectivity index (χ0n) is 15.4. The number of amides is 1. The van der Waals surface area contributed by atoms with Crippen molar-refractivity contribution in [3.8, 4) is 11.3 Å². The van der Waals surface area contributed by atoms with Crippen LogP contribution >= 0.6 is 11.3 Å². The maximum absolute atomic E-state index is 13.9. The predicted molar refractivity (Wildman–Crippen MR) is 110 cm³/mol. The molecule has 5 nitrogen and oxygen atoms in total. The van der Waals surface area contributed by atoms with E-state index in [1.54, 1.807) is 12.1 Å². The average Bonchev–Trinajstić information content (AvgIpc) is 3.18. The Labute approximate surface area is 167 Å². The summed E-state index contributed by atoms with van der Waals surface area (Å²) in [6, 6.07) is 16.7. The van der Waals surface area contributed by atoms with Gasteiger partial charge in [0.25, 0.3) is 5.91 Å². The van der Waals surface area contributed by atoms with Crippen LogP contribution in [-0.2, 0) is 4.79 Å². The van der Waals surface area contributed by atoms with Gasteiger partial charge in [0.05, 0.1) is 37.6 Å². The highest BCUT2D eigenvalue weighted by Gasteiger charge is 2.24. The van der Waals surface area contributed by atoms with Gasteiger partial charge in [-0.2, -0.15) is 0 Å². The predicted octanol–water partition coefficient (Wildman–Crippen LogP) is 2.29. The number of quaternary nitrogens is 1. The topological polar surface area (TPSA) is 49.7 Å². The van der Waals surface area contributed by atoms with E-state index in [0.29, 0.717) is 17.4 Å². The summed E-state index contributed by atoms with van der Waals surface area (Å²) in [5.41, 5.74) is 2.54. The number of thiazole rings is 1. The first-order valence-corrected chi connectivity index (χ1v) is 10.2. The molecule has 0 atom stereocenters. The van der Waals surface area contributed by atoms with Crippen molar-refractivity contribution >= 4 is 28.1 Å². The van der Waals surface area contributed by atoms with Gasteiger partial charge in [-0.05, 0) is 12.1 Å². The number of aromatic nitrogens is 1. The van der Waals surface area contributed by atoms with Crippen LogP contribution in [0.25, 0.3) is 11.3 Å². The van der Waals surface area contributed by atoms with Crippen LogP contribution in [0.1, 0.15) is 0 Å². The number of anilines is 2. The second kappa shape index (κ2) is 8.50. The fraction of sp³-hybridized carbons (Fsp3) is 0.238. The van der Waals surface area contributed by atoms with Gasteiger partial charge in [0.1, 0.15) is 5.82 Å². The summed E-state index contributed by atoms with van der Waals surface area (Å²) in [5.74, 6) is -0.231. The van der Waals surface area contributed by atoms with Gasteiger partial charge >= 0.3 is 0 Å². The van der Waals surface area contributed by atoms with Gasteiger partial charge in [0.2, 0.25) is 0 Å². The molecule has 1 amide bonds. The molecule has 0 spiro atoms. The zero-order chi connectivity index (χ0) is 19.3. The van der Waals surface area contributed by atoms with Gasteiger partial charge in [-0.25, -0.2) is 9.37 Å². The average molecular weight is 397 g/mol. The quantitative estimate of drug-likeness (QED) is 0.695. The summed E-state index contributed by atoms with van der Waals surface area (Å²) < 4.78 is 13.9. The monoisotopic (exact) mass is 397 g/mol. The molecular weight excluding hydrogens is 375 g/mol. The molecule has 2 N–H and O–H groups in total. The first kappa shape index (κ1) is 18.6. The first-order valence-electron chi connectivity index (χ1n) is 9.33. The molecule has 3 aromatic rings. The van der Waals surface area contributed by atoms with Crippen molar-refractivity contribution in [2.45, 2.75) is 0 Å². The Morgan fingerprint density at radius 1 is 1.11 bits per heavy atom. The molecule has 0 bridgehead atoms. The summed E-state index contributed by atoms with van der Waals surface area (Å²) in [6.07, 6.45) is 0. The van der Waals surface area contributed by atoms with Gasteiger partial charge < -0.3 is 9.80 Å². The van der Waals surface area contributed by atoms with Crippen molar-refractivity contribution in [1.29, 1.82) is 0 Å². The molecule has 144 valence electrons. The molecule has 0 unspecified atom stereocenters. The Kier molecular flexibility index (Phi) is 5.64. The lowest BCUT2D eigenvalue weighted by Gasteiger charge is -2.33. The van der Waals surface area contributed by atoms with Crippen molar-refractivity contribution in [2.75, 3.05) is 42.9 Å². The van der Waals surface area contributed by atoms with Crippen molar-refractivity contribution in [3.63, 3.8) is 0 Å². The van der Waals surface area contributed by atoms with Crippen molar-refractivity contribution in [2.24, 2.45) is 0 Å². The van der Waals surface area contributed by atoms with E-state index in [9.17, 15) is 9.18 Å². The first-order chi connectivity index (χ1) is 13.7. The molecule has 1 aromatic heterocycles. The Morgan fingerprint density at radius 2 is 1.82 bits per heavy atom. The lowest BCUT2D eigenvalue weighted by Crippen LogP contribution is -3.15. The number of carbonyl (C=O) groups excluding carboxylic acids is 1. The summed E-state index contributed by atoms with van der Waals surface area (Å²) >= 11 is 1.43. The fourth-order valence-electron chi connectivity index (χ4n) is 3.41. The highest BCUT2D eigenvalue weighted by molar-refractivity contribution is 7.14. The lowest BCUT2D eigenvalue weighted by molar-refractivity contribution is -0.892. The van der Waals surface area contributed by atoms with E-state index in [4.69, 9.17) is 0 Å². The minimum atomic E-state index is -0.193. The Bertz CT molecular complexity index is 938. The summed E-state index contributed by atoms with van der Waals surface area (Å²) in [4.78, 5) is 20.1. The molecule has 1 aliphatic heterocycles. The summed E-state index contributed by atoms with van der Waals surface area (Å²) in [5, 5.41) is 5.47. The van der Waals surface area contributed by atoms with Gasteiger partial charge in [-0.3, -0.25) is 10.1 Å². The number of rotatable bonds is 5. The molecule has 1 fully saturated rings. The molecular formula is C21H22FN4OS+. The van der Waals surface area contributed by atoms with Crippen molar-refractivity contribution < 1.29 is 14.1 Å². The standard InChI is InChI=1S/C21H21FN4OS/c22-17-8-4-5-9-19(17)26-12-10-25(11-13-26)14-20(27)24-21-23-18(15-28-21)16-6-2-1-3-7-16/h1-9,15H,10-14H2,(H,23,24,27)/p+1. The zero-order valence-corrected chi connectivity index (χ0v) is 16.2. The fourth-order valence-corrected chi connectivity index (χ4v) is 4.15. The minimum Gasteiger partial charge on any atom is -0.358 e. The van der Waals surface area contributed by atoms with Crippen LogP contribution in [-0.4, -0.2) is 43.6 Å². The van der Waals surface area contributed by atoms with E-state index < -0.39 is 0 Å². The number of nitrogens with zero attached hydrogens (tertiary/aromatic N) is 2. The molecule has 2 aromatic carbocycles. The van der Waals surface area contributed by atoms with Gasteiger partial charge in [-0.15, -0.1) is 11.3 Å². The summed E-state index contributed by atoms with van der Waals surface area (Å²) in [6.45, 7) is 3.47. The molecule has 1 saturated heterocycles. The van der Waals surface area contributed by atoms with Gasteiger partial charge in [0, 0.05) is 10.9 Å². The SMILES string of the molecule is O=C(C[NH+]1CCN(c2ccccc2F)CC1)Nc1nc(-c2ccccc2)cs1. The van der Waals surface area contributed by atoms with Crippen LogP contribution in [0.2, 0.25) is 0 Å². The third-order valence-corrected chi connectivity index (χ3v) is 5.65. The second-order valence-electron chi connectivity index (χ2n) is 6.82. The number of benzene rings is 2. The largest absolute Gasteiger partial charge is 0.358 e. The van der Waals surface area contributed by atoms with Crippen LogP contribution in [0.4, 0.5) is 15.2 Å². The van der Waals surface area contributed by atoms with E-state index >= 15 is 0 Å². The van der Waals surface area contributed by atoms with E-state index in [2.05, 4.69) is 10.3 Å². The number of carbonyl (C=O) groups is 1. The van der Waals surface area contributed by atoms with E-state index in [0.717, 1.165) is 37.4 Å². The van der Waals surface area contributed by atoms with Crippen LogP contribution in [0.5, 0.6) is 0 Å². The number of hydrogen-bond donors (Lipinski definition) is 2. The number of hydrogen-bond acceptors (Lipinski definition) is 4. The molecule has 7 heteroatoms. The second-order valence-corrected chi connectivity index (χ2v) is 7.68. The number of nitrogens with one attached hydrogen (secondary N) is 2. The van der Waals surface area contributed by atoms with Gasteiger partial charge in [-0.1, -0.05) is 42.5 Å². The van der Waals surface area contributed by atoms with Gasteiger partial charge in [0.15, 0.2) is 11.7 Å². The Hall–Kier alpha value is -2.77. The van der Waals surface area contributed by atoms with Crippen LogP contribution in [0.3, 0.4) is 0 Å². The Balaban J connectivity index is 1.28. The van der Waals surface area contributed by atoms with E-state index in [1.165, 1.54) is 22.3 Å². The molecule has 4 rings (SSSR count). The molecule has 28 heavy (non-hydrogen) atoms. The minimum absolute atomic E-state index is 0.0386. The highest BCUT2D eigenvalue weighted by Crippen LogP contribution is 2.24. The lowest BCUT2D eigenvalue weighted by atomic mass is 10.2. The van der Waals surface area contributed by atoms with Crippen LogP contribution in [0.15, 0.2) is 60.0 Å². The van der Waals surface area contributed by atoms with Crippen molar-refractivity contribution in [1.82, 2.24) is 4.98 Å². The smallest absolute Gasteiger partial charge is 0.281 e. The highest BCUT2D eigenvalue weighted by atomic mass is 32.1. The van der Waals surface area contributed by atoms with E-state index in [-0.39, 0.29) is 11.7 Å². The number of piperazine rings is 1. The van der Waals surface area contributed by atoms with Crippen molar-refractivity contribution in [3.05, 3.63) is 65.8 Å². The maximum Gasteiger partial charge on any atom is 0.281 e. The molecule has 2 heterocycles. The third-order valence-electron chi connectivity index (χ3n) is 4.89. The molecule has 0 radical (unpaired) electrons. The maximum atomic E-state index is 13.9. The molecule has 0 aliphatic carbocycles. The van der Waals surface area contributed by atoms with E-state index in [1.807, 2.05) is 46.7 Å². The summed E-state index contributed by atoms with van der Waals surface area (Å²) in [7, 11) is 0.